The molecule has 4 heteroatoms. The Morgan fingerprint density at radius 2 is 1.96 bits per heavy atom. The van der Waals surface area contributed by atoms with E-state index in [-0.39, 0.29) is 0 Å². The molecule has 2 aromatic carbocycles. The fourth-order valence-electron chi connectivity index (χ4n) is 3.78. The maximum Gasteiger partial charge on any atom is 0.119 e. The molecule has 1 fully saturated rings. The number of ether oxygens (including phenoxy) is 1. The Morgan fingerprint density at radius 3 is 2.81 bits per heavy atom. The maximum atomic E-state index is 5.36. The number of para-hydroxylation sites is 1. The number of rotatable bonds is 6. The molecule has 1 aromatic heterocycles. The Hall–Kier alpha value is -2.59. The number of aromatic nitrogens is 2. The third-order valence-electron chi connectivity index (χ3n) is 5.13. The fourth-order valence-corrected chi connectivity index (χ4v) is 3.78. The van der Waals surface area contributed by atoms with Crippen LogP contribution in [0.1, 0.15) is 24.1 Å². The maximum absolute atomic E-state index is 5.36. The Bertz CT molecular complexity index is 843. The fraction of sp³-hybridized carbons (Fsp3) is 0.318. The zero-order chi connectivity index (χ0) is 17.8. The molecule has 1 atom stereocenters. The molecule has 0 N–H and O–H groups in total. The van der Waals surface area contributed by atoms with Crippen LogP contribution in [0.2, 0.25) is 0 Å². The summed E-state index contributed by atoms with van der Waals surface area (Å²) in [5, 5.41) is 4.77. The molecule has 0 radical (unpaired) electrons. The third-order valence-corrected chi connectivity index (χ3v) is 5.13. The molecule has 0 spiro atoms. The minimum absolute atomic E-state index is 0.573. The van der Waals surface area contributed by atoms with Gasteiger partial charge in [0.2, 0.25) is 0 Å². The lowest BCUT2D eigenvalue weighted by Gasteiger charge is -2.23. The second-order valence-electron chi connectivity index (χ2n) is 6.91. The normalized spacial score (nSPS) is 17.5. The molecule has 134 valence electrons. The van der Waals surface area contributed by atoms with Crippen molar-refractivity contribution in [3.8, 4) is 11.4 Å². The lowest BCUT2D eigenvalue weighted by atomic mass is 10.0. The number of hydrogen-bond acceptors (Lipinski definition) is 3. The van der Waals surface area contributed by atoms with Gasteiger partial charge in [0.1, 0.15) is 5.75 Å². The van der Waals surface area contributed by atoms with Crippen molar-refractivity contribution in [1.29, 1.82) is 0 Å². The standard InChI is InChI=1S/C22H25N3O/c1-26-22-11-5-7-18(16-22)15-21-10-6-13-24(21)17-19-12-14-25(23-19)20-8-3-2-4-9-20/h2-5,7-9,11-12,14,16,21H,6,10,13,15,17H2,1H3. The quantitative estimate of drug-likeness (QED) is 0.673. The molecule has 0 amide bonds. The first kappa shape index (κ1) is 16.9. The van der Waals surface area contributed by atoms with Crippen LogP contribution in [0.4, 0.5) is 0 Å². The van der Waals surface area contributed by atoms with Gasteiger partial charge in [0.15, 0.2) is 0 Å². The first-order chi connectivity index (χ1) is 12.8. The van der Waals surface area contributed by atoms with Gasteiger partial charge in [-0.15, -0.1) is 0 Å². The molecule has 0 saturated carbocycles. The Morgan fingerprint density at radius 1 is 1.08 bits per heavy atom. The summed E-state index contributed by atoms with van der Waals surface area (Å²) in [5.74, 6) is 0.939. The summed E-state index contributed by atoms with van der Waals surface area (Å²) in [5.41, 5.74) is 3.58. The van der Waals surface area contributed by atoms with Crippen LogP contribution in [0.25, 0.3) is 5.69 Å². The van der Waals surface area contributed by atoms with Crippen molar-refractivity contribution in [2.45, 2.75) is 31.8 Å². The van der Waals surface area contributed by atoms with Gasteiger partial charge in [0.05, 0.1) is 18.5 Å². The second-order valence-corrected chi connectivity index (χ2v) is 6.91. The van der Waals surface area contributed by atoms with Crippen LogP contribution in [-0.2, 0) is 13.0 Å². The predicted octanol–water partition coefficient (Wildman–Crippen LogP) is 4.09. The van der Waals surface area contributed by atoms with E-state index in [1.807, 2.05) is 28.9 Å². The minimum atomic E-state index is 0.573. The molecule has 1 saturated heterocycles. The van der Waals surface area contributed by atoms with Crippen molar-refractivity contribution in [2.24, 2.45) is 0 Å². The highest BCUT2D eigenvalue weighted by atomic mass is 16.5. The molecule has 1 unspecified atom stereocenters. The topological polar surface area (TPSA) is 30.3 Å². The summed E-state index contributed by atoms with van der Waals surface area (Å²) in [6, 6.07) is 21.4. The molecular formula is C22H25N3O. The smallest absolute Gasteiger partial charge is 0.119 e. The molecule has 0 bridgehead atoms. The Kier molecular flexibility index (Phi) is 5.02. The van der Waals surface area contributed by atoms with Gasteiger partial charge in [-0.3, -0.25) is 4.90 Å². The predicted molar refractivity (Wildman–Crippen MR) is 104 cm³/mol. The van der Waals surface area contributed by atoms with Gasteiger partial charge in [-0.2, -0.15) is 5.10 Å². The van der Waals surface area contributed by atoms with Crippen molar-refractivity contribution < 1.29 is 4.74 Å². The SMILES string of the molecule is COc1cccc(CC2CCCN2Cc2ccn(-c3ccccc3)n2)c1. The van der Waals surface area contributed by atoms with Crippen molar-refractivity contribution in [3.05, 3.63) is 78.1 Å². The monoisotopic (exact) mass is 347 g/mol. The van der Waals surface area contributed by atoms with Crippen LogP contribution < -0.4 is 4.74 Å². The van der Waals surface area contributed by atoms with Gasteiger partial charge in [0, 0.05) is 18.8 Å². The van der Waals surface area contributed by atoms with Crippen LogP contribution >= 0.6 is 0 Å². The number of likely N-dealkylation sites (tertiary alicyclic amines) is 1. The van der Waals surface area contributed by atoms with E-state index < -0.39 is 0 Å². The summed E-state index contributed by atoms with van der Waals surface area (Å²) in [6.45, 7) is 2.06. The van der Waals surface area contributed by atoms with Gasteiger partial charge < -0.3 is 4.74 Å². The van der Waals surface area contributed by atoms with Crippen LogP contribution in [0, 0.1) is 0 Å². The van der Waals surface area contributed by atoms with Crippen LogP contribution in [0.5, 0.6) is 5.75 Å². The van der Waals surface area contributed by atoms with E-state index >= 15 is 0 Å². The highest BCUT2D eigenvalue weighted by molar-refractivity contribution is 5.31. The second kappa shape index (κ2) is 7.75. The van der Waals surface area contributed by atoms with Crippen LogP contribution in [0.15, 0.2) is 66.9 Å². The average Bonchev–Trinajstić information content (AvgIpc) is 3.33. The molecule has 0 aliphatic carbocycles. The lowest BCUT2D eigenvalue weighted by Crippen LogP contribution is -2.30. The highest BCUT2D eigenvalue weighted by Gasteiger charge is 2.25. The third kappa shape index (κ3) is 3.81. The molecule has 26 heavy (non-hydrogen) atoms. The zero-order valence-corrected chi connectivity index (χ0v) is 15.2. The van der Waals surface area contributed by atoms with E-state index in [0.29, 0.717) is 6.04 Å². The number of methoxy groups -OCH3 is 1. The average molecular weight is 347 g/mol. The van der Waals surface area contributed by atoms with Gasteiger partial charge in [-0.25, -0.2) is 4.68 Å². The molecule has 4 rings (SSSR count). The first-order valence-corrected chi connectivity index (χ1v) is 9.29. The zero-order valence-electron chi connectivity index (χ0n) is 15.2. The van der Waals surface area contributed by atoms with Gasteiger partial charge >= 0.3 is 0 Å². The molecule has 3 aromatic rings. The minimum Gasteiger partial charge on any atom is -0.497 e. The van der Waals surface area contributed by atoms with E-state index in [0.717, 1.165) is 36.6 Å². The Labute approximate surface area is 155 Å². The lowest BCUT2D eigenvalue weighted by molar-refractivity contribution is 0.240. The summed E-state index contributed by atoms with van der Waals surface area (Å²) in [6.07, 6.45) is 5.62. The summed E-state index contributed by atoms with van der Waals surface area (Å²) >= 11 is 0. The molecular weight excluding hydrogens is 322 g/mol. The summed E-state index contributed by atoms with van der Waals surface area (Å²) < 4.78 is 7.32. The summed E-state index contributed by atoms with van der Waals surface area (Å²) in [7, 11) is 1.73. The van der Waals surface area contributed by atoms with Gasteiger partial charge in [-0.1, -0.05) is 30.3 Å². The van der Waals surface area contributed by atoms with E-state index in [4.69, 9.17) is 9.84 Å². The van der Waals surface area contributed by atoms with Crippen molar-refractivity contribution >= 4 is 0 Å². The molecule has 4 nitrogen and oxygen atoms in total. The molecule has 1 aliphatic rings. The van der Waals surface area contributed by atoms with Crippen molar-refractivity contribution in [1.82, 2.24) is 14.7 Å². The first-order valence-electron chi connectivity index (χ1n) is 9.29. The van der Waals surface area contributed by atoms with Crippen molar-refractivity contribution in [2.75, 3.05) is 13.7 Å². The molecule has 1 aliphatic heterocycles. The van der Waals surface area contributed by atoms with Crippen LogP contribution in [-0.4, -0.2) is 34.4 Å². The summed E-state index contributed by atoms with van der Waals surface area (Å²) in [4.78, 5) is 2.57. The Balaban J connectivity index is 1.43. The number of nitrogens with zero attached hydrogens (tertiary/aromatic N) is 3. The highest BCUT2D eigenvalue weighted by Crippen LogP contribution is 2.24. The van der Waals surface area contributed by atoms with Crippen molar-refractivity contribution in [3.63, 3.8) is 0 Å². The number of hydrogen-bond donors (Lipinski definition) is 0. The van der Waals surface area contributed by atoms with E-state index in [9.17, 15) is 0 Å². The van der Waals surface area contributed by atoms with E-state index in [2.05, 4.69) is 47.5 Å². The van der Waals surface area contributed by atoms with E-state index in [1.165, 1.54) is 18.4 Å². The van der Waals surface area contributed by atoms with Crippen LogP contribution in [0.3, 0.4) is 0 Å². The largest absolute Gasteiger partial charge is 0.497 e. The van der Waals surface area contributed by atoms with E-state index in [1.54, 1.807) is 7.11 Å². The van der Waals surface area contributed by atoms with Gasteiger partial charge in [0.25, 0.3) is 0 Å². The molecule has 2 heterocycles. The number of benzene rings is 2. The van der Waals surface area contributed by atoms with Gasteiger partial charge in [-0.05, 0) is 61.7 Å².